The van der Waals surface area contributed by atoms with Crippen molar-refractivity contribution in [3.05, 3.63) is 47.4 Å². The SMILES string of the molecule is C=CC(O)N1CCC(N(C)c2nc(OCC34CCCN3CC(F)C4)nc3c(Cl)c(-c4ccc(F)c5sc(N)c(C#N)c45)ncc23)C1COC. The lowest BCUT2D eigenvalue weighted by atomic mass is 9.95. The number of likely N-dealkylation sites (N-methyl/N-ethyl adjacent to an activating group) is 1. The number of benzene rings is 1. The Morgan fingerprint density at radius 2 is 2.18 bits per heavy atom. The second-order valence-corrected chi connectivity index (χ2v) is 14.4. The quantitative estimate of drug-likeness (QED) is 0.212. The van der Waals surface area contributed by atoms with Crippen molar-refractivity contribution in [3.8, 4) is 23.3 Å². The van der Waals surface area contributed by atoms with Crippen molar-refractivity contribution in [1.29, 1.82) is 5.26 Å². The number of aromatic nitrogens is 3. The lowest BCUT2D eigenvalue weighted by molar-refractivity contribution is 0.00370. The van der Waals surface area contributed by atoms with Crippen LogP contribution in [0.5, 0.6) is 6.01 Å². The third-order valence-electron chi connectivity index (χ3n) is 10.3. The number of rotatable bonds is 10. The van der Waals surface area contributed by atoms with E-state index in [0.29, 0.717) is 65.9 Å². The van der Waals surface area contributed by atoms with E-state index in [4.69, 9.17) is 41.8 Å². The van der Waals surface area contributed by atoms with Gasteiger partial charge in [-0.15, -0.1) is 11.3 Å². The van der Waals surface area contributed by atoms with Crippen molar-refractivity contribution >= 4 is 54.7 Å². The Bertz CT molecular complexity index is 1980. The number of fused-ring (bicyclic) bond motifs is 3. The van der Waals surface area contributed by atoms with E-state index in [-0.39, 0.29) is 45.0 Å². The number of nitrogens with zero attached hydrogens (tertiary/aromatic N) is 7. The summed E-state index contributed by atoms with van der Waals surface area (Å²) in [5.41, 5.74) is 6.91. The molecule has 0 aliphatic carbocycles. The fourth-order valence-electron chi connectivity index (χ4n) is 8.00. The molecule has 5 atom stereocenters. The van der Waals surface area contributed by atoms with Gasteiger partial charge in [-0.05, 0) is 44.0 Å². The van der Waals surface area contributed by atoms with Gasteiger partial charge in [-0.2, -0.15) is 15.2 Å². The first-order valence-electron chi connectivity index (χ1n) is 16.2. The van der Waals surface area contributed by atoms with E-state index >= 15 is 0 Å². The smallest absolute Gasteiger partial charge is 0.319 e. The molecule has 1 aromatic carbocycles. The number of hydrogen-bond donors (Lipinski definition) is 2. The van der Waals surface area contributed by atoms with E-state index in [2.05, 4.69) is 17.5 Å². The highest BCUT2D eigenvalue weighted by molar-refractivity contribution is 7.23. The molecular formula is C34H37ClF2N8O3S. The number of methoxy groups -OCH3 is 1. The van der Waals surface area contributed by atoms with Crippen molar-refractivity contribution in [1.82, 2.24) is 24.8 Å². The molecule has 5 unspecified atom stereocenters. The van der Waals surface area contributed by atoms with E-state index in [1.165, 1.54) is 18.2 Å². The number of nitriles is 1. The van der Waals surface area contributed by atoms with Crippen molar-refractivity contribution < 1.29 is 23.4 Å². The first-order chi connectivity index (χ1) is 23.6. The Morgan fingerprint density at radius 3 is 2.94 bits per heavy atom. The Hall–Kier alpha value is -3.71. The van der Waals surface area contributed by atoms with Crippen molar-refractivity contribution in [2.45, 2.75) is 55.7 Å². The fraction of sp³-hybridized carbons (Fsp3) is 0.471. The molecule has 6 heterocycles. The number of pyridine rings is 1. The number of alkyl halides is 1. The highest BCUT2D eigenvalue weighted by atomic mass is 35.5. The lowest BCUT2D eigenvalue weighted by Crippen LogP contribution is -2.49. The molecule has 3 aliphatic rings. The second-order valence-electron chi connectivity index (χ2n) is 13.0. The van der Waals surface area contributed by atoms with E-state index in [9.17, 15) is 19.1 Å². The van der Waals surface area contributed by atoms with Crippen LogP contribution in [0.2, 0.25) is 5.02 Å². The molecule has 3 aromatic heterocycles. The zero-order valence-corrected chi connectivity index (χ0v) is 28.8. The van der Waals surface area contributed by atoms with Crippen LogP contribution in [-0.4, -0.2) is 107 Å². The van der Waals surface area contributed by atoms with Crippen LogP contribution in [-0.2, 0) is 4.74 Å². The van der Waals surface area contributed by atoms with E-state index in [1.54, 1.807) is 13.3 Å². The molecule has 3 aliphatic heterocycles. The Labute approximate surface area is 291 Å². The lowest BCUT2D eigenvalue weighted by Gasteiger charge is -2.35. The van der Waals surface area contributed by atoms with E-state index in [1.807, 2.05) is 16.8 Å². The summed E-state index contributed by atoms with van der Waals surface area (Å²) < 4.78 is 41.6. The maximum absolute atomic E-state index is 14.9. The standard InChI is InChI=1S/C34H37ClF2N8O3S/c1-4-25(46)45-11-8-23(24(45)16-47-3)43(2)32-21-14-40-28(19-6-7-22(37)30-26(19)20(13-38)31(39)49-30)27(35)29(21)41-33(42-32)48-17-34-9-5-10-44(34)15-18(36)12-34/h4,6-7,14,18,23-25,46H,1,5,8-12,15-17,39H2,2-3H3. The van der Waals surface area contributed by atoms with Crippen LogP contribution in [0.4, 0.5) is 19.6 Å². The second kappa shape index (κ2) is 13.2. The van der Waals surface area contributed by atoms with Crippen LogP contribution in [0.3, 0.4) is 0 Å². The van der Waals surface area contributed by atoms with E-state index in [0.717, 1.165) is 30.7 Å². The molecule has 0 radical (unpaired) electrons. The first-order valence-corrected chi connectivity index (χ1v) is 17.4. The highest BCUT2D eigenvalue weighted by Gasteiger charge is 2.49. The average Bonchev–Trinajstić information content (AvgIpc) is 3.85. The van der Waals surface area contributed by atoms with Crippen molar-refractivity contribution in [2.75, 3.05) is 57.6 Å². The van der Waals surface area contributed by atoms with Crippen LogP contribution in [0, 0.1) is 17.1 Å². The Morgan fingerprint density at radius 1 is 1.37 bits per heavy atom. The van der Waals surface area contributed by atoms with Gasteiger partial charge in [-0.25, -0.2) is 8.78 Å². The summed E-state index contributed by atoms with van der Waals surface area (Å²) in [6, 6.07) is 4.66. The van der Waals surface area contributed by atoms with Crippen LogP contribution < -0.4 is 15.4 Å². The van der Waals surface area contributed by atoms with Gasteiger partial charge in [0, 0.05) is 56.9 Å². The van der Waals surface area contributed by atoms with Gasteiger partial charge < -0.3 is 25.2 Å². The topological polar surface area (TPSA) is 137 Å². The summed E-state index contributed by atoms with van der Waals surface area (Å²) in [4.78, 5) is 20.5. The molecule has 7 rings (SSSR count). The average molecular weight is 711 g/mol. The summed E-state index contributed by atoms with van der Waals surface area (Å²) in [7, 11) is 3.52. The monoisotopic (exact) mass is 710 g/mol. The Balaban J connectivity index is 1.36. The normalized spacial score (nSPS) is 24.8. The molecule has 49 heavy (non-hydrogen) atoms. The van der Waals surface area contributed by atoms with Crippen molar-refractivity contribution in [2.24, 2.45) is 0 Å². The third kappa shape index (κ3) is 5.66. The molecule has 0 bridgehead atoms. The van der Waals surface area contributed by atoms with Gasteiger partial charge in [0.25, 0.3) is 0 Å². The minimum Gasteiger partial charge on any atom is -0.461 e. The summed E-state index contributed by atoms with van der Waals surface area (Å²) in [5, 5.41) is 21.8. The molecule has 4 aromatic rings. The number of nitrogens with two attached hydrogens (primary N) is 1. The van der Waals surface area contributed by atoms with Gasteiger partial charge in [0.2, 0.25) is 0 Å². The maximum Gasteiger partial charge on any atom is 0.319 e. The molecule has 258 valence electrons. The number of halogens is 3. The minimum atomic E-state index is -0.919. The van der Waals surface area contributed by atoms with Crippen LogP contribution in [0.15, 0.2) is 31.0 Å². The predicted octanol–water partition coefficient (Wildman–Crippen LogP) is 5.14. The summed E-state index contributed by atoms with van der Waals surface area (Å²) >= 11 is 8.15. The molecule has 0 saturated carbocycles. The van der Waals surface area contributed by atoms with Crippen LogP contribution in [0.25, 0.3) is 32.2 Å². The number of nitrogen functional groups attached to an aromatic ring is 1. The number of thiophene rings is 1. The van der Waals surface area contributed by atoms with Gasteiger partial charge in [0.1, 0.15) is 47.2 Å². The number of aliphatic hydroxyl groups excluding tert-OH is 1. The number of ether oxygens (including phenoxy) is 2. The van der Waals surface area contributed by atoms with Gasteiger partial charge in [0.05, 0.1) is 44.6 Å². The fourth-order valence-corrected chi connectivity index (χ4v) is 9.24. The predicted molar refractivity (Wildman–Crippen MR) is 186 cm³/mol. The zero-order valence-electron chi connectivity index (χ0n) is 27.2. The van der Waals surface area contributed by atoms with Gasteiger partial charge >= 0.3 is 6.01 Å². The number of aliphatic hydroxyl groups is 1. The number of likely N-dealkylation sites (tertiary alicyclic amines) is 1. The maximum atomic E-state index is 14.9. The van der Waals surface area contributed by atoms with Gasteiger partial charge in [0.15, 0.2) is 0 Å². The molecule has 3 N–H and O–H groups in total. The van der Waals surface area contributed by atoms with Gasteiger partial charge in [-0.1, -0.05) is 18.2 Å². The highest BCUT2D eigenvalue weighted by Crippen LogP contribution is 2.45. The molecule has 11 nitrogen and oxygen atoms in total. The largest absolute Gasteiger partial charge is 0.461 e. The zero-order chi connectivity index (χ0) is 34.6. The summed E-state index contributed by atoms with van der Waals surface area (Å²) in [6.45, 7) is 6.12. The van der Waals surface area contributed by atoms with Crippen LogP contribution >= 0.6 is 22.9 Å². The molecule has 0 spiro atoms. The summed E-state index contributed by atoms with van der Waals surface area (Å²) in [6.07, 6.45) is 4.18. The number of hydrogen-bond acceptors (Lipinski definition) is 12. The van der Waals surface area contributed by atoms with Gasteiger partial charge in [-0.3, -0.25) is 14.8 Å². The molecule has 3 saturated heterocycles. The summed E-state index contributed by atoms with van der Waals surface area (Å²) in [5.74, 6) is -0.00403. The third-order valence-corrected chi connectivity index (χ3v) is 11.7. The molecule has 15 heteroatoms. The molecule has 0 amide bonds. The minimum absolute atomic E-state index is 0.0722. The molecule has 3 fully saturated rings. The number of anilines is 2. The Kier molecular flexibility index (Phi) is 9.10. The van der Waals surface area contributed by atoms with Crippen molar-refractivity contribution in [3.63, 3.8) is 0 Å². The van der Waals surface area contributed by atoms with Crippen LogP contribution in [0.1, 0.15) is 31.2 Å². The van der Waals surface area contributed by atoms with E-state index < -0.39 is 23.8 Å². The molecular weight excluding hydrogens is 674 g/mol. The first kappa shape index (κ1) is 33.8.